The van der Waals surface area contributed by atoms with E-state index in [1.807, 2.05) is 20.8 Å². The van der Waals surface area contributed by atoms with Crippen molar-refractivity contribution in [1.29, 1.82) is 0 Å². The molecule has 156 valence electrons. The standard InChI is InChI=1S/C24H30O5/c1-12(2)23(26)28-22-19(17-14(4)9-13(3)10-15(17)5)21(25)18-16-7-8-24(29-16,11-27-6)20(18)22/h9-10,12,16,18,20H,7-8,11H2,1-6H3/t16-,18-,20+,24-/m0/s1. The molecule has 0 spiro atoms. The number of rotatable bonds is 5. The number of carbonyl (C=O) groups excluding carboxylic acids is 2. The maximum atomic E-state index is 13.7. The minimum Gasteiger partial charge on any atom is -0.430 e. The van der Waals surface area contributed by atoms with Crippen LogP contribution < -0.4 is 0 Å². The fraction of sp³-hybridized carbons (Fsp3) is 0.583. The van der Waals surface area contributed by atoms with Gasteiger partial charge in [0, 0.05) is 7.11 Å². The Morgan fingerprint density at radius 3 is 2.48 bits per heavy atom. The quantitative estimate of drug-likeness (QED) is 0.704. The van der Waals surface area contributed by atoms with Crippen molar-refractivity contribution in [2.24, 2.45) is 17.8 Å². The molecule has 4 atom stereocenters. The highest BCUT2D eigenvalue weighted by atomic mass is 16.6. The van der Waals surface area contributed by atoms with Gasteiger partial charge in [0.05, 0.1) is 36.0 Å². The first-order chi connectivity index (χ1) is 13.7. The number of Topliss-reactive ketones (excluding diaryl/α,β-unsaturated/α-hetero) is 1. The van der Waals surface area contributed by atoms with Crippen molar-refractivity contribution < 1.29 is 23.8 Å². The summed E-state index contributed by atoms with van der Waals surface area (Å²) in [7, 11) is 1.65. The van der Waals surface area contributed by atoms with Crippen LogP contribution >= 0.6 is 0 Å². The molecule has 1 aromatic carbocycles. The van der Waals surface area contributed by atoms with E-state index in [9.17, 15) is 9.59 Å². The largest absolute Gasteiger partial charge is 0.430 e. The van der Waals surface area contributed by atoms with Crippen LogP contribution in [-0.4, -0.2) is 37.2 Å². The molecule has 2 aliphatic heterocycles. The second-order valence-corrected chi connectivity index (χ2v) is 9.15. The Bertz CT molecular complexity index is 889. The van der Waals surface area contributed by atoms with Crippen molar-refractivity contribution in [2.75, 3.05) is 13.7 Å². The number of allylic oxidation sites excluding steroid dienone is 1. The van der Waals surface area contributed by atoms with Gasteiger partial charge in [-0.05, 0) is 50.3 Å². The first kappa shape index (κ1) is 20.3. The molecule has 0 radical (unpaired) electrons. The fourth-order valence-corrected chi connectivity index (χ4v) is 5.60. The molecule has 0 N–H and O–H groups in total. The number of ketones is 1. The number of esters is 1. The van der Waals surface area contributed by atoms with Gasteiger partial charge in [-0.1, -0.05) is 31.5 Å². The Balaban J connectivity index is 1.92. The SMILES string of the molecule is COC[C@]12CC[C@H](O1)[C@@H]1C(=O)C(c3c(C)cc(C)cc3C)=C(OC(=O)C(C)C)[C@@H]12. The summed E-state index contributed by atoms with van der Waals surface area (Å²) < 4.78 is 17.8. The van der Waals surface area contributed by atoms with Crippen LogP contribution in [0.25, 0.3) is 5.57 Å². The third-order valence-corrected chi connectivity index (χ3v) is 6.64. The number of hydrogen-bond acceptors (Lipinski definition) is 5. The lowest BCUT2D eigenvalue weighted by atomic mass is 9.73. The summed E-state index contributed by atoms with van der Waals surface area (Å²) in [5, 5.41) is 0. The Morgan fingerprint density at radius 2 is 1.90 bits per heavy atom. The Hall–Kier alpha value is -1.98. The normalized spacial score (nSPS) is 30.4. The van der Waals surface area contributed by atoms with E-state index in [1.54, 1.807) is 21.0 Å². The van der Waals surface area contributed by atoms with Crippen LogP contribution in [-0.2, 0) is 23.8 Å². The van der Waals surface area contributed by atoms with Gasteiger partial charge >= 0.3 is 5.97 Å². The second kappa shape index (κ2) is 7.06. The predicted molar refractivity (Wildman–Crippen MR) is 109 cm³/mol. The summed E-state index contributed by atoms with van der Waals surface area (Å²) in [5.41, 5.74) is 4.07. The van der Waals surface area contributed by atoms with Crippen molar-refractivity contribution in [3.63, 3.8) is 0 Å². The zero-order valence-corrected chi connectivity index (χ0v) is 18.1. The number of carbonyl (C=O) groups is 2. The highest BCUT2D eigenvalue weighted by molar-refractivity contribution is 6.26. The summed E-state index contributed by atoms with van der Waals surface area (Å²) in [6.45, 7) is 10.1. The lowest BCUT2D eigenvalue weighted by molar-refractivity contribution is -0.145. The number of hydrogen-bond donors (Lipinski definition) is 0. The summed E-state index contributed by atoms with van der Waals surface area (Å²) in [4.78, 5) is 26.3. The van der Waals surface area contributed by atoms with Crippen LogP contribution in [0.2, 0.25) is 0 Å². The predicted octanol–water partition coefficient (Wildman–Crippen LogP) is 3.92. The number of ether oxygens (including phenoxy) is 3. The van der Waals surface area contributed by atoms with E-state index in [1.165, 1.54) is 0 Å². The van der Waals surface area contributed by atoms with Crippen LogP contribution in [0.5, 0.6) is 0 Å². The van der Waals surface area contributed by atoms with E-state index in [-0.39, 0.29) is 35.6 Å². The number of methoxy groups -OCH3 is 1. The highest BCUT2D eigenvalue weighted by Crippen LogP contribution is 2.60. The van der Waals surface area contributed by atoms with Gasteiger partial charge in [0.2, 0.25) is 0 Å². The van der Waals surface area contributed by atoms with Crippen LogP contribution in [0.1, 0.15) is 48.9 Å². The minimum atomic E-state index is -0.597. The molecule has 1 aromatic rings. The number of aryl methyl sites for hydroxylation is 3. The van der Waals surface area contributed by atoms with Crippen molar-refractivity contribution in [2.45, 2.75) is 59.2 Å². The van der Waals surface area contributed by atoms with Gasteiger partial charge in [0.1, 0.15) is 11.4 Å². The number of benzene rings is 1. The van der Waals surface area contributed by atoms with E-state index < -0.39 is 5.60 Å². The Morgan fingerprint density at radius 1 is 1.24 bits per heavy atom. The summed E-state index contributed by atoms with van der Waals surface area (Å²) in [5.74, 6) is -0.637. The molecular formula is C24H30O5. The molecular weight excluding hydrogens is 368 g/mol. The highest BCUT2D eigenvalue weighted by Gasteiger charge is 2.67. The van der Waals surface area contributed by atoms with Crippen LogP contribution in [0.4, 0.5) is 0 Å². The van der Waals surface area contributed by atoms with Crippen molar-refractivity contribution in [1.82, 2.24) is 0 Å². The molecule has 2 fully saturated rings. The Labute approximate surface area is 172 Å². The van der Waals surface area contributed by atoms with Gasteiger partial charge < -0.3 is 14.2 Å². The molecule has 0 unspecified atom stereocenters. The lowest BCUT2D eigenvalue weighted by Crippen LogP contribution is -2.42. The smallest absolute Gasteiger partial charge is 0.313 e. The lowest BCUT2D eigenvalue weighted by Gasteiger charge is -2.33. The molecule has 5 nitrogen and oxygen atoms in total. The maximum absolute atomic E-state index is 13.7. The van der Waals surface area contributed by atoms with Crippen LogP contribution in [0, 0.1) is 38.5 Å². The maximum Gasteiger partial charge on any atom is 0.313 e. The molecule has 1 aliphatic carbocycles. The first-order valence-electron chi connectivity index (χ1n) is 10.4. The molecule has 29 heavy (non-hydrogen) atoms. The average Bonchev–Trinajstić information content (AvgIpc) is 3.26. The molecule has 5 heteroatoms. The van der Waals surface area contributed by atoms with Crippen molar-refractivity contribution in [3.8, 4) is 0 Å². The molecule has 3 aliphatic rings. The van der Waals surface area contributed by atoms with Gasteiger partial charge in [0.25, 0.3) is 0 Å². The minimum absolute atomic E-state index is 0.0410. The fourth-order valence-electron chi connectivity index (χ4n) is 5.60. The topological polar surface area (TPSA) is 61.8 Å². The molecule has 4 rings (SSSR count). The molecule has 2 heterocycles. The summed E-state index contributed by atoms with van der Waals surface area (Å²) >= 11 is 0. The van der Waals surface area contributed by atoms with Crippen LogP contribution in [0.15, 0.2) is 17.9 Å². The molecule has 0 saturated carbocycles. The zero-order chi connectivity index (χ0) is 21.1. The number of fused-ring (bicyclic) bond motifs is 5. The van der Waals surface area contributed by atoms with E-state index in [0.29, 0.717) is 17.9 Å². The van der Waals surface area contributed by atoms with Gasteiger partial charge in [-0.25, -0.2) is 0 Å². The van der Waals surface area contributed by atoms with Gasteiger partial charge in [-0.3, -0.25) is 9.59 Å². The van der Waals surface area contributed by atoms with Gasteiger partial charge in [0.15, 0.2) is 5.78 Å². The monoisotopic (exact) mass is 398 g/mol. The molecule has 0 amide bonds. The third kappa shape index (κ3) is 2.98. The zero-order valence-electron chi connectivity index (χ0n) is 18.1. The molecule has 2 saturated heterocycles. The average molecular weight is 398 g/mol. The van der Waals surface area contributed by atoms with Crippen molar-refractivity contribution >= 4 is 17.3 Å². The van der Waals surface area contributed by atoms with Gasteiger partial charge in [-0.2, -0.15) is 0 Å². The van der Waals surface area contributed by atoms with Crippen LogP contribution in [0.3, 0.4) is 0 Å². The third-order valence-electron chi connectivity index (χ3n) is 6.64. The van der Waals surface area contributed by atoms with E-state index in [4.69, 9.17) is 14.2 Å². The summed E-state index contributed by atoms with van der Waals surface area (Å²) in [6, 6.07) is 4.16. The summed E-state index contributed by atoms with van der Waals surface area (Å²) in [6.07, 6.45) is 1.50. The van der Waals surface area contributed by atoms with E-state index in [0.717, 1.165) is 35.1 Å². The van der Waals surface area contributed by atoms with E-state index in [2.05, 4.69) is 12.1 Å². The van der Waals surface area contributed by atoms with E-state index >= 15 is 0 Å². The second-order valence-electron chi connectivity index (χ2n) is 9.15. The van der Waals surface area contributed by atoms with Gasteiger partial charge in [-0.15, -0.1) is 0 Å². The Kier molecular flexibility index (Phi) is 4.94. The molecule has 2 bridgehead atoms. The van der Waals surface area contributed by atoms with Crippen molar-refractivity contribution in [3.05, 3.63) is 40.1 Å². The first-order valence-corrected chi connectivity index (χ1v) is 10.4. The molecule has 0 aromatic heterocycles.